The van der Waals surface area contributed by atoms with E-state index in [-0.39, 0.29) is 5.60 Å². The number of rotatable bonds is 4. The third kappa shape index (κ3) is 3.13. The van der Waals surface area contributed by atoms with E-state index < -0.39 is 0 Å². The van der Waals surface area contributed by atoms with E-state index in [0.29, 0.717) is 12.1 Å². The molecule has 2 heterocycles. The number of ether oxygens (including phenoxy) is 2. The molecule has 0 amide bonds. The van der Waals surface area contributed by atoms with Crippen LogP contribution in [0, 0.1) is 0 Å². The van der Waals surface area contributed by atoms with Crippen molar-refractivity contribution in [2.45, 2.75) is 56.3 Å². The zero-order valence-corrected chi connectivity index (χ0v) is 12.2. The van der Waals surface area contributed by atoms with E-state index in [4.69, 9.17) is 9.47 Å². The fourth-order valence-corrected chi connectivity index (χ4v) is 4.03. The van der Waals surface area contributed by atoms with Gasteiger partial charge < -0.3 is 14.8 Å². The molecule has 1 spiro atoms. The lowest BCUT2D eigenvalue weighted by atomic mass is 9.98. The molecule has 2 saturated heterocycles. The van der Waals surface area contributed by atoms with Crippen LogP contribution < -0.4 is 5.32 Å². The van der Waals surface area contributed by atoms with Crippen LogP contribution in [-0.2, 0) is 9.47 Å². The minimum absolute atomic E-state index is 0.273. The molecular weight excluding hydrogens is 240 g/mol. The van der Waals surface area contributed by atoms with Gasteiger partial charge in [-0.2, -0.15) is 0 Å². The van der Waals surface area contributed by atoms with Gasteiger partial charge >= 0.3 is 0 Å². The molecule has 4 nitrogen and oxygen atoms in total. The van der Waals surface area contributed by atoms with Gasteiger partial charge in [0.1, 0.15) is 0 Å². The van der Waals surface area contributed by atoms with Crippen molar-refractivity contribution in [1.29, 1.82) is 0 Å². The molecule has 110 valence electrons. The van der Waals surface area contributed by atoms with Crippen LogP contribution in [0.2, 0.25) is 0 Å². The largest absolute Gasteiger partial charge is 0.378 e. The molecule has 0 bridgehead atoms. The normalized spacial score (nSPS) is 35.2. The lowest BCUT2D eigenvalue weighted by Gasteiger charge is -2.37. The Morgan fingerprint density at radius 3 is 2.89 bits per heavy atom. The van der Waals surface area contributed by atoms with Crippen molar-refractivity contribution < 1.29 is 9.47 Å². The van der Waals surface area contributed by atoms with Gasteiger partial charge in [-0.05, 0) is 32.7 Å². The van der Waals surface area contributed by atoms with E-state index in [2.05, 4.69) is 10.2 Å². The van der Waals surface area contributed by atoms with Gasteiger partial charge in [-0.25, -0.2) is 0 Å². The van der Waals surface area contributed by atoms with Crippen LogP contribution in [0.4, 0.5) is 0 Å². The highest BCUT2D eigenvalue weighted by molar-refractivity contribution is 4.94. The first-order valence-electron chi connectivity index (χ1n) is 7.96. The zero-order valence-electron chi connectivity index (χ0n) is 12.2. The lowest BCUT2D eigenvalue weighted by molar-refractivity contribution is -0.0708. The molecule has 3 aliphatic rings. The van der Waals surface area contributed by atoms with Crippen LogP contribution in [0.25, 0.3) is 0 Å². The number of hydrogen-bond donors (Lipinski definition) is 1. The van der Waals surface area contributed by atoms with Crippen LogP contribution in [0.3, 0.4) is 0 Å². The molecule has 19 heavy (non-hydrogen) atoms. The average molecular weight is 268 g/mol. The van der Waals surface area contributed by atoms with E-state index >= 15 is 0 Å². The summed E-state index contributed by atoms with van der Waals surface area (Å²) in [6.45, 7) is 4.89. The van der Waals surface area contributed by atoms with Crippen LogP contribution in [-0.4, -0.2) is 62.5 Å². The molecule has 0 aromatic heterocycles. The van der Waals surface area contributed by atoms with Crippen molar-refractivity contribution in [2.24, 2.45) is 0 Å². The molecule has 0 aromatic rings. The van der Waals surface area contributed by atoms with Crippen molar-refractivity contribution in [3.8, 4) is 0 Å². The van der Waals surface area contributed by atoms with Gasteiger partial charge in [-0.15, -0.1) is 0 Å². The van der Waals surface area contributed by atoms with Gasteiger partial charge in [-0.3, -0.25) is 4.90 Å². The predicted octanol–water partition coefficient (Wildman–Crippen LogP) is 1.40. The second-order valence-electron chi connectivity index (χ2n) is 6.45. The maximum absolute atomic E-state index is 6.44. The zero-order chi connectivity index (χ0) is 13.1. The smallest absolute Gasteiger partial charge is 0.0710 e. The third-order valence-electron chi connectivity index (χ3n) is 5.08. The summed E-state index contributed by atoms with van der Waals surface area (Å²) >= 11 is 0. The molecule has 3 rings (SSSR count). The van der Waals surface area contributed by atoms with Gasteiger partial charge in [-0.1, -0.05) is 12.8 Å². The molecular formula is C15H28N2O2. The second-order valence-corrected chi connectivity index (χ2v) is 6.45. The molecule has 1 N–H and O–H groups in total. The number of morpholine rings is 1. The Labute approximate surface area is 116 Å². The van der Waals surface area contributed by atoms with E-state index in [1.54, 1.807) is 0 Å². The molecule has 3 fully saturated rings. The average Bonchev–Trinajstić information content (AvgIpc) is 3.03. The first-order valence-corrected chi connectivity index (χ1v) is 7.96. The minimum atomic E-state index is 0.273. The molecule has 4 heteroatoms. The summed E-state index contributed by atoms with van der Waals surface area (Å²) in [6, 6.07) is 0.516. The Hall–Kier alpha value is -0.160. The van der Waals surface area contributed by atoms with Gasteiger partial charge in [0.15, 0.2) is 0 Å². The predicted molar refractivity (Wildman–Crippen MR) is 75.4 cm³/mol. The molecule has 2 aliphatic heterocycles. The molecule has 1 saturated carbocycles. The summed E-state index contributed by atoms with van der Waals surface area (Å²) in [5.41, 5.74) is 0.273. The summed E-state index contributed by atoms with van der Waals surface area (Å²) in [5.74, 6) is 0. The molecule has 2 unspecified atom stereocenters. The molecule has 0 radical (unpaired) electrons. The van der Waals surface area contributed by atoms with Gasteiger partial charge in [0.25, 0.3) is 0 Å². The standard InChI is InChI=1S/C15H28N2O2/c1-16-10-13-12-18-9-8-17(13)11-14-4-7-15(19-14)5-2-3-6-15/h13-14,16H,2-12H2,1H3. The van der Waals surface area contributed by atoms with E-state index in [1.165, 1.54) is 38.5 Å². The van der Waals surface area contributed by atoms with Crippen LogP contribution in [0.5, 0.6) is 0 Å². The van der Waals surface area contributed by atoms with Crippen molar-refractivity contribution >= 4 is 0 Å². The Morgan fingerprint density at radius 1 is 1.26 bits per heavy atom. The van der Waals surface area contributed by atoms with E-state index in [1.807, 2.05) is 7.05 Å². The molecule has 0 aromatic carbocycles. The molecule has 2 atom stereocenters. The lowest BCUT2D eigenvalue weighted by Crippen LogP contribution is -2.52. The van der Waals surface area contributed by atoms with Gasteiger partial charge in [0.05, 0.1) is 24.9 Å². The maximum Gasteiger partial charge on any atom is 0.0710 e. The topological polar surface area (TPSA) is 33.7 Å². The fraction of sp³-hybridized carbons (Fsp3) is 1.00. The van der Waals surface area contributed by atoms with Crippen molar-refractivity contribution in [3.63, 3.8) is 0 Å². The van der Waals surface area contributed by atoms with Crippen molar-refractivity contribution in [3.05, 3.63) is 0 Å². The molecule has 1 aliphatic carbocycles. The number of likely N-dealkylation sites (N-methyl/N-ethyl adjacent to an activating group) is 1. The SMILES string of the molecule is CNCC1COCCN1CC1CCC2(CCCC2)O1. The highest BCUT2D eigenvalue weighted by atomic mass is 16.5. The number of nitrogens with one attached hydrogen (secondary N) is 1. The Morgan fingerprint density at radius 2 is 2.11 bits per heavy atom. The second kappa shape index (κ2) is 6.08. The van der Waals surface area contributed by atoms with Crippen molar-refractivity contribution in [2.75, 3.05) is 39.9 Å². The third-order valence-corrected chi connectivity index (χ3v) is 5.08. The quantitative estimate of drug-likeness (QED) is 0.835. The Balaban J connectivity index is 1.52. The first-order chi connectivity index (χ1) is 9.31. The Bertz CT molecular complexity index is 290. The van der Waals surface area contributed by atoms with E-state index in [9.17, 15) is 0 Å². The van der Waals surface area contributed by atoms with Crippen LogP contribution >= 0.6 is 0 Å². The fourth-order valence-electron chi connectivity index (χ4n) is 4.03. The monoisotopic (exact) mass is 268 g/mol. The van der Waals surface area contributed by atoms with E-state index in [0.717, 1.165) is 32.8 Å². The summed E-state index contributed by atoms with van der Waals surface area (Å²) in [4.78, 5) is 2.57. The first kappa shape index (κ1) is 13.8. The van der Waals surface area contributed by atoms with Crippen molar-refractivity contribution in [1.82, 2.24) is 10.2 Å². The van der Waals surface area contributed by atoms with Gasteiger partial charge in [0, 0.05) is 25.7 Å². The summed E-state index contributed by atoms with van der Waals surface area (Å²) in [7, 11) is 2.02. The van der Waals surface area contributed by atoms with Crippen LogP contribution in [0.1, 0.15) is 38.5 Å². The minimum Gasteiger partial charge on any atom is -0.378 e. The number of hydrogen-bond acceptors (Lipinski definition) is 4. The highest BCUT2D eigenvalue weighted by Gasteiger charge is 2.42. The highest BCUT2D eigenvalue weighted by Crippen LogP contribution is 2.43. The number of nitrogens with zero attached hydrogens (tertiary/aromatic N) is 1. The Kier molecular flexibility index (Phi) is 4.42. The van der Waals surface area contributed by atoms with Gasteiger partial charge in [0.2, 0.25) is 0 Å². The summed E-state index contributed by atoms with van der Waals surface area (Å²) < 4.78 is 12.0. The van der Waals surface area contributed by atoms with Crippen LogP contribution in [0.15, 0.2) is 0 Å². The summed E-state index contributed by atoms with van der Waals surface area (Å²) in [6.07, 6.45) is 8.33. The summed E-state index contributed by atoms with van der Waals surface area (Å²) in [5, 5.41) is 3.28. The maximum atomic E-state index is 6.44.